The van der Waals surface area contributed by atoms with Crippen molar-refractivity contribution in [2.24, 2.45) is 10.2 Å². The van der Waals surface area contributed by atoms with Gasteiger partial charge in [0.05, 0.1) is 17.5 Å². The van der Waals surface area contributed by atoms with Crippen LogP contribution in [0.1, 0.15) is 0 Å². The molecule has 0 saturated heterocycles. The Labute approximate surface area is 174 Å². The Morgan fingerprint density at radius 1 is 1.29 bits per heavy atom. The first kappa shape index (κ1) is 20.3. The molecule has 0 bridgehead atoms. The molecule has 11 heteroatoms. The Bertz CT molecular complexity index is 1190. The molecule has 0 aliphatic heterocycles. The minimum atomic E-state index is -3.76. The number of aromatic hydroxyl groups is 1. The molecule has 3 rings (SSSR count). The van der Waals surface area contributed by atoms with E-state index in [1.54, 1.807) is 30.3 Å². The van der Waals surface area contributed by atoms with Crippen LogP contribution in [0.2, 0.25) is 5.02 Å². The molecule has 8 nitrogen and oxygen atoms in total. The Morgan fingerprint density at radius 3 is 2.71 bits per heavy atom. The summed E-state index contributed by atoms with van der Waals surface area (Å²) < 4.78 is 25.8. The molecule has 0 unspecified atom stereocenters. The average molecular weight is 486 g/mol. The largest absolute Gasteiger partial charge is 0.493 e. The number of rotatable bonds is 5. The van der Waals surface area contributed by atoms with Crippen molar-refractivity contribution < 1.29 is 18.3 Å². The van der Waals surface area contributed by atoms with E-state index in [1.165, 1.54) is 12.1 Å². The highest BCUT2D eigenvalue weighted by atomic mass is 79.9. The van der Waals surface area contributed by atoms with Crippen LogP contribution in [-0.4, -0.2) is 37.2 Å². The number of fused-ring (bicyclic) bond motifs is 1. The van der Waals surface area contributed by atoms with Crippen LogP contribution in [0.5, 0.6) is 5.88 Å². The number of benzene rings is 2. The molecule has 2 aromatic carbocycles. The molecule has 3 aromatic rings. The molecule has 1 aromatic heterocycles. The number of nitrogens with one attached hydrogen (secondary N) is 1. The van der Waals surface area contributed by atoms with Crippen molar-refractivity contribution in [2.45, 2.75) is 0 Å². The minimum absolute atomic E-state index is 0.0818. The second kappa shape index (κ2) is 7.90. The lowest BCUT2D eigenvalue weighted by Crippen LogP contribution is -2.34. The second-order valence-electron chi connectivity index (χ2n) is 5.86. The molecule has 1 heterocycles. The highest BCUT2D eigenvalue weighted by molar-refractivity contribution is 9.10. The summed E-state index contributed by atoms with van der Waals surface area (Å²) in [6, 6.07) is 11.3. The summed E-state index contributed by atoms with van der Waals surface area (Å²) in [5, 5.41) is 18.3. The molecular formula is C17H14BrClN4O4S. The van der Waals surface area contributed by atoms with Crippen LogP contribution in [0.3, 0.4) is 0 Å². The molecule has 146 valence electrons. The van der Waals surface area contributed by atoms with E-state index in [2.05, 4.69) is 31.1 Å². The monoisotopic (exact) mass is 484 g/mol. The van der Waals surface area contributed by atoms with E-state index in [9.17, 15) is 18.3 Å². The quantitative estimate of drug-likeness (QED) is 0.522. The van der Waals surface area contributed by atoms with Crippen LogP contribution in [0.15, 0.2) is 57.2 Å². The van der Waals surface area contributed by atoms with E-state index >= 15 is 0 Å². The summed E-state index contributed by atoms with van der Waals surface area (Å²) in [5.41, 5.74) is 0.925. The van der Waals surface area contributed by atoms with E-state index in [4.69, 9.17) is 11.6 Å². The molecule has 0 fully saturated rings. The van der Waals surface area contributed by atoms with Gasteiger partial charge in [-0.05, 0) is 36.4 Å². The maximum Gasteiger partial charge on any atom is 0.285 e. The fraction of sp³-hybridized carbons (Fsp3) is 0.118. The van der Waals surface area contributed by atoms with Gasteiger partial charge in [-0.2, -0.15) is 0 Å². The van der Waals surface area contributed by atoms with Crippen molar-refractivity contribution in [3.8, 4) is 5.88 Å². The van der Waals surface area contributed by atoms with Crippen LogP contribution in [0, 0.1) is 0 Å². The van der Waals surface area contributed by atoms with Gasteiger partial charge >= 0.3 is 0 Å². The first-order valence-corrected chi connectivity index (χ1v) is 10.8. The number of anilines is 1. The second-order valence-corrected chi connectivity index (χ2v) is 9.11. The number of nitrogens with zero attached hydrogens (tertiary/aromatic N) is 3. The maximum absolute atomic E-state index is 12.3. The molecule has 28 heavy (non-hydrogen) atoms. The lowest BCUT2D eigenvalue weighted by molar-refractivity contribution is -0.116. The standard InChI is InChI=1S/C17H14BrClN4O4S/c1-28(26,27)23(12-4-2-3-11(19)8-12)9-15(24)21-22-16-13-7-10(18)5-6-14(13)20-17(16)25/h2-8,20,25H,9H2,1H3. The fourth-order valence-corrected chi connectivity index (χ4v) is 3.92. The Kier molecular flexibility index (Phi) is 5.73. The van der Waals surface area contributed by atoms with Crippen molar-refractivity contribution >= 4 is 65.7 Å². The number of hydrogen-bond donors (Lipinski definition) is 2. The van der Waals surface area contributed by atoms with Gasteiger partial charge in [0.2, 0.25) is 15.9 Å². The molecule has 0 saturated carbocycles. The zero-order chi connectivity index (χ0) is 20.5. The number of amides is 1. The van der Waals surface area contributed by atoms with Crippen molar-refractivity contribution in [2.75, 3.05) is 17.1 Å². The molecular weight excluding hydrogens is 472 g/mol. The summed E-state index contributed by atoms with van der Waals surface area (Å²) in [7, 11) is -3.76. The SMILES string of the molecule is CS(=O)(=O)N(CC(=O)N=Nc1c(O)[nH]c2ccc(Br)cc12)c1cccc(Cl)c1. The number of carbonyl (C=O) groups is 1. The molecule has 0 spiro atoms. The summed E-state index contributed by atoms with van der Waals surface area (Å²) in [6.45, 7) is -0.560. The number of halogens is 2. The average Bonchev–Trinajstić information content (AvgIpc) is 2.91. The third kappa shape index (κ3) is 4.51. The normalized spacial score (nSPS) is 12.0. The van der Waals surface area contributed by atoms with Crippen LogP contribution >= 0.6 is 27.5 Å². The van der Waals surface area contributed by atoms with E-state index in [1.807, 2.05) is 0 Å². The van der Waals surface area contributed by atoms with Crippen LogP contribution < -0.4 is 4.31 Å². The van der Waals surface area contributed by atoms with Crippen molar-refractivity contribution in [3.05, 3.63) is 52.0 Å². The Morgan fingerprint density at radius 2 is 2.04 bits per heavy atom. The summed E-state index contributed by atoms with van der Waals surface area (Å²) in [5.74, 6) is -1.06. The van der Waals surface area contributed by atoms with E-state index in [0.29, 0.717) is 15.9 Å². The van der Waals surface area contributed by atoms with Gasteiger partial charge in [0.1, 0.15) is 6.54 Å². The third-order valence-corrected chi connectivity index (χ3v) is 5.62. The van der Waals surface area contributed by atoms with E-state index in [-0.39, 0.29) is 17.3 Å². The van der Waals surface area contributed by atoms with E-state index < -0.39 is 22.5 Å². The molecule has 2 N–H and O–H groups in total. The molecule has 0 aliphatic carbocycles. The smallest absolute Gasteiger partial charge is 0.285 e. The fourth-order valence-electron chi connectivity index (χ4n) is 2.53. The minimum Gasteiger partial charge on any atom is -0.493 e. The van der Waals surface area contributed by atoms with Crippen molar-refractivity contribution in [3.63, 3.8) is 0 Å². The number of azo groups is 1. The van der Waals surface area contributed by atoms with Crippen molar-refractivity contribution in [1.29, 1.82) is 0 Å². The van der Waals surface area contributed by atoms with Crippen LogP contribution in [-0.2, 0) is 14.8 Å². The molecule has 1 amide bonds. The van der Waals surface area contributed by atoms with Gasteiger partial charge < -0.3 is 10.1 Å². The van der Waals surface area contributed by atoms with Gasteiger partial charge in [-0.1, -0.05) is 33.6 Å². The number of sulfonamides is 1. The van der Waals surface area contributed by atoms with Crippen LogP contribution in [0.25, 0.3) is 10.9 Å². The summed E-state index contributed by atoms with van der Waals surface area (Å²) in [4.78, 5) is 15.0. The Balaban J connectivity index is 1.88. The summed E-state index contributed by atoms with van der Waals surface area (Å²) >= 11 is 9.23. The highest BCUT2D eigenvalue weighted by Gasteiger charge is 2.21. The molecule has 0 radical (unpaired) electrons. The maximum atomic E-state index is 12.3. The molecule has 0 atom stereocenters. The Hall–Kier alpha value is -2.43. The first-order chi connectivity index (χ1) is 13.1. The number of aromatic nitrogens is 1. The van der Waals surface area contributed by atoms with Crippen molar-refractivity contribution in [1.82, 2.24) is 4.98 Å². The van der Waals surface area contributed by atoms with E-state index in [0.717, 1.165) is 15.0 Å². The predicted molar refractivity (Wildman–Crippen MR) is 111 cm³/mol. The zero-order valence-electron chi connectivity index (χ0n) is 14.4. The van der Waals surface area contributed by atoms with Gasteiger partial charge in [0.25, 0.3) is 5.91 Å². The van der Waals surface area contributed by atoms with Gasteiger partial charge in [-0.3, -0.25) is 9.10 Å². The van der Waals surface area contributed by atoms with Gasteiger partial charge in [0.15, 0.2) is 5.69 Å². The van der Waals surface area contributed by atoms with Gasteiger partial charge in [-0.25, -0.2) is 8.42 Å². The number of aromatic amines is 1. The zero-order valence-corrected chi connectivity index (χ0v) is 17.6. The van der Waals surface area contributed by atoms with Gasteiger partial charge in [0, 0.05) is 14.9 Å². The number of H-pyrrole nitrogens is 1. The third-order valence-electron chi connectivity index (χ3n) is 3.75. The topological polar surface area (TPSA) is 115 Å². The van der Waals surface area contributed by atoms with Crippen LogP contribution in [0.4, 0.5) is 11.4 Å². The first-order valence-electron chi connectivity index (χ1n) is 7.83. The molecule has 0 aliphatic rings. The lowest BCUT2D eigenvalue weighted by Gasteiger charge is -2.20. The lowest BCUT2D eigenvalue weighted by atomic mass is 10.2. The number of hydrogen-bond acceptors (Lipinski definition) is 5. The summed E-state index contributed by atoms with van der Waals surface area (Å²) in [6.07, 6.45) is 0.974. The highest BCUT2D eigenvalue weighted by Crippen LogP contribution is 2.36. The number of carbonyl (C=O) groups excluding carboxylic acids is 1. The predicted octanol–water partition coefficient (Wildman–Crippen LogP) is 4.37. The van der Waals surface area contributed by atoms with Gasteiger partial charge in [-0.15, -0.1) is 10.2 Å².